The summed E-state index contributed by atoms with van der Waals surface area (Å²) >= 11 is 0. The molecule has 27 heavy (non-hydrogen) atoms. The van der Waals surface area contributed by atoms with Gasteiger partial charge in [0, 0.05) is 6.54 Å². The van der Waals surface area contributed by atoms with E-state index in [1.165, 1.54) is 4.80 Å². The van der Waals surface area contributed by atoms with Gasteiger partial charge in [0.1, 0.15) is 12.6 Å². The number of unbranched alkanes of at least 4 members (excludes halogenated alkanes) is 1. The van der Waals surface area contributed by atoms with E-state index in [1.54, 1.807) is 6.92 Å². The molecular formula is C15H30N9O3+. The molecule has 5 N–H and O–H groups in total. The van der Waals surface area contributed by atoms with Crippen molar-refractivity contribution in [3.05, 3.63) is 5.82 Å². The number of aryl methyl sites for hydroxylation is 1. The Bertz CT molecular complexity index is 639. The molecule has 0 fully saturated rings. The van der Waals surface area contributed by atoms with Crippen molar-refractivity contribution in [2.75, 3.05) is 34.2 Å². The van der Waals surface area contributed by atoms with Crippen molar-refractivity contribution in [1.29, 1.82) is 0 Å². The first-order chi connectivity index (χ1) is 12.6. The lowest BCUT2D eigenvalue weighted by molar-refractivity contribution is -0.862. The summed E-state index contributed by atoms with van der Waals surface area (Å²) in [6.07, 6.45) is 1.70. The molecule has 0 aliphatic rings. The van der Waals surface area contributed by atoms with Crippen LogP contribution in [-0.4, -0.2) is 82.7 Å². The molecule has 0 saturated heterocycles. The highest BCUT2D eigenvalue weighted by Crippen LogP contribution is 2.02. The topological polar surface area (TPSA) is 157 Å². The molecule has 152 valence electrons. The maximum absolute atomic E-state index is 12.0. The lowest BCUT2D eigenvalue weighted by Crippen LogP contribution is -2.52. The van der Waals surface area contributed by atoms with Gasteiger partial charge in [0.2, 0.25) is 5.91 Å². The van der Waals surface area contributed by atoms with E-state index in [9.17, 15) is 14.4 Å². The fourth-order valence-corrected chi connectivity index (χ4v) is 2.32. The van der Waals surface area contributed by atoms with Crippen LogP contribution in [0.25, 0.3) is 0 Å². The van der Waals surface area contributed by atoms with Crippen molar-refractivity contribution in [1.82, 2.24) is 36.3 Å². The second-order valence-corrected chi connectivity index (χ2v) is 7.29. The SMILES string of the molecule is Cc1nnn(CC(=O)NCCCC[C@H](NC(=O)C[N+](C)(C)C)C(=O)NN)n1. The van der Waals surface area contributed by atoms with Crippen LogP contribution in [0.2, 0.25) is 0 Å². The van der Waals surface area contributed by atoms with Crippen molar-refractivity contribution in [2.45, 2.75) is 38.8 Å². The van der Waals surface area contributed by atoms with Gasteiger partial charge in [-0.25, -0.2) is 5.84 Å². The number of likely N-dealkylation sites (N-methyl/N-ethyl adjacent to an activating group) is 1. The molecule has 0 spiro atoms. The Morgan fingerprint density at radius 3 is 2.44 bits per heavy atom. The van der Waals surface area contributed by atoms with Crippen LogP contribution in [-0.2, 0) is 20.9 Å². The summed E-state index contributed by atoms with van der Waals surface area (Å²) in [6.45, 7) is 2.38. The molecule has 0 aliphatic heterocycles. The summed E-state index contributed by atoms with van der Waals surface area (Å²) < 4.78 is 0.453. The Hall–Kier alpha value is -2.60. The van der Waals surface area contributed by atoms with Gasteiger partial charge in [0.05, 0.1) is 21.1 Å². The molecule has 0 radical (unpaired) electrons. The minimum absolute atomic E-state index is 0.000154. The monoisotopic (exact) mass is 384 g/mol. The Morgan fingerprint density at radius 2 is 1.89 bits per heavy atom. The lowest BCUT2D eigenvalue weighted by atomic mass is 10.1. The smallest absolute Gasteiger partial charge is 0.275 e. The molecule has 0 saturated carbocycles. The quantitative estimate of drug-likeness (QED) is 0.107. The number of hydrogen-bond acceptors (Lipinski definition) is 7. The first-order valence-electron chi connectivity index (χ1n) is 8.72. The second kappa shape index (κ2) is 10.5. The zero-order valence-electron chi connectivity index (χ0n) is 16.4. The highest BCUT2D eigenvalue weighted by atomic mass is 16.2. The highest BCUT2D eigenvalue weighted by molar-refractivity contribution is 5.87. The maximum atomic E-state index is 12.0. The van der Waals surface area contributed by atoms with Crippen molar-refractivity contribution in [3.63, 3.8) is 0 Å². The third kappa shape index (κ3) is 9.61. The number of carbonyl (C=O) groups is 3. The zero-order chi connectivity index (χ0) is 20.4. The van der Waals surface area contributed by atoms with E-state index in [0.29, 0.717) is 36.1 Å². The van der Waals surface area contributed by atoms with Crippen LogP contribution in [0.3, 0.4) is 0 Å². The zero-order valence-corrected chi connectivity index (χ0v) is 16.4. The fourth-order valence-electron chi connectivity index (χ4n) is 2.32. The van der Waals surface area contributed by atoms with Crippen molar-refractivity contribution in [2.24, 2.45) is 5.84 Å². The number of nitrogens with one attached hydrogen (secondary N) is 3. The summed E-state index contributed by atoms with van der Waals surface area (Å²) in [5.41, 5.74) is 2.07. The van der Waals surface area contributed by atoms with Crippen LogP contribution in [0.1, 0.15) is 25.1 Å². The molecular weight excluding hydrogens is 354 g/mol. The van der Waals surface area contributed by atoms with E-state index in [-0.39, 0.29) is 24.9 Å². The first kappa shape index (κ1) is 22.4. The second-order valence-electron chi connectivity index (χ2n) is 7.29. The Labute approximate surface area is 158 Å². The first-order valence-corrected chi connectivity index (χ1v) is 8.72. The van der Waals surface area contributed by atoms with Gasteiger partial charge in [0.15, 0.2) is 12.4 Å². The third-order valence-corrected chi connectivity index (χ3v) is 3.49. The summed E-state index contributed by atoms with van der Waals surface area (Å²) in [7, 11) is 5.66. The van der Waals surface area contributed by atoms with Gasteiger partial charge >= 0.3 is 0 Å². The maximum Gasteiger partial charge on any atom is 0.275 e. The molecule has 1 heterocycles. The van der Waals surface area contributed by atoms with Crippen LogP contribution in [0.4, 0.5) is 0 Å². The van der Waals surface area contributed by atoms with Crippen molar-refractivity contribution >= 4 is 17.7 Å². The molecule has 1 aromatic heterocycles. The fraction of sp³-hybridized carbons (Fsp3) is 0.733. The number of tetrazole rings is 1. The van der Waals surface area contributed by atoms with Gasteiger partial charge in [-0.1, -0.05) is 0 Å². The average molecular weight is 384 g/mol. The molecule has 0 aromatic carbocycles. The number of rotatable bonds is 11. The van der Waals surface area contributed by atoms with E-state index in [1.807, 2.05) is 21.1 Å². The molecule has 0 aliphatic carbocycles. The van der Waals surface area contributed by atoms with E-state index in [0.717, 1.165) is 0 Å². The summed E-state index contributed by atoms with van der Waals surface area (Å²) in [5, 5.41) is 16.8. The van der Waals surface area contributed by atoms with Crippen molar-refractivity contribution in [3.8, 4) is 0 Å². The molecule has 12 nitrogen and oxygen atoms in total. The molecule has 12 heteroatoms. The number of aromatic nitrogens is 4. The third-order valence-electron chi connectivity index (χ3n) is 3.49. The Morgan fingerprint density at radius 1 is 1.19 bits per heavy atom. The average Bonchev–Trinajstić information content (AvgIpc) is 2.95. The van der Waals surface area contributed by atoms with E-state index >= 15 is 0 Å². The number of carbonyl (C=O) groups excluding carboxylic acids is 3. The van der Waals surface area contributed by atoms with E-state index < -0.39 is 11.9 Å². The Balaban J connectivity index is 2.31. The summed E-state index contributed by atoms with van der Waals surface area (Å²) in [5.74, 6) is 4.80. The number of hydrogen-bond donors (Lipinski definition) is 4. The predicted molar refractivity (Wildman–Crippen MR) is 96.6 cm³/mol. The Kier molecular flexibility index (Phi) is 8.75. The summed E-state index contributed by atoms with van der Waals surface area (Å²) in [6, 6.07) is -0.702. The number of nitrogens with two attached hydrogens (primary N) is 1. The van der Waals surface area contributed by atoms with Crippen LogP contribution >= 0.6 is 0 Å². The van der Waals surface area contributed by atoms with Gasteiger partial charge in [-0.2, -0.15) is 4.80 Å². The number of amides is 3. The minimum atomic E-state index is -0.702. The van der Waals surface area contributed by atoms with Gasteiger partial charge < -0.3 is 15.1 Å². The predicted octanol–water partition coefficient (Wildman–Crippen LogP) is -2.55. The van der Waals surface area contributed by atoms with Crippen molar-refractivity contribution < 1.29 is 18.9 Å². The summed E-state index contributed by atoms with van der Waals surface area (Å²) in [4.78, 5) is 36.9. The molecule has 1 rings (SSSR count). The van der Waals surface area contributed by atoms with E-state index in [4.69, 9.17) is 5.84 Å². The standard InChI is InChI=1S/C15H29N9O3/c1-11-20-22-23(21-11)9-13(25)17-8-6-5-7-12(15(27)19-16)18-14(26)10-24(2,3)4/h12H,5-10H2,1-4H3,(H4-,16,17,18,19,20,21,22,25,26,27)/p+1/t12-/m0/s1. The van der Waals surface area contributed by atoms with Crippen LogP contribution in [0.15, 0.2) is 0 Å². The van der Waals surface area contributed by atoms with Crippen LogP contribution in [0.5, 0.6) is 0 Å². The van der Waals surface area contributed by atoms with Crippen LogP contribution < -0.4 is 21.9 Å². The number of nitrogens with zero attached hydrogens (tertiary/aromatic N) is 5. The number of quaternary nitrogens is 1. The van der Waals surface area contributed by atoms with Gasteiger partial charge in [-0.3, -0.25) is 19.8 Å². The lowest BCUT2D eigenvalue weighted by Gasteiger charge is -2.24. The van der Waals surface area contributed by atoms with Gasteiger partial charge in [-0.15, -0.1) is 10.2 Å². The van der Waals surface area contributed by atoms with E-state index in [2.05, 4.69) is 31.5 Å². The largest absolute Gasteiger partial charge is 0.354 e. The van der Waals surface area contributed by atoms with Gasteiger partial charge in [-0.05, 0) is 31.4 Å². The number of hydrazine groups is 1. The molecule has 1 atom stereocenters. The molecule has 0 unspecified atom stereocenters. The minimum Gasteiger partial charge on any atom is -0.354 e. The molecule has 1 aromatic rings. The van der Waals surface area contributed by atoms with Gasteiger partial charge in [0.25, 0.3) is 11.8 Å². The normalized spacial score (nSPS) is 12.3. The van der Waals surface area contributed by atoms with Crippen LogP contribution in [0, 0.1) is 6.92 Å². The molecule has 0 bridgehead atoms. The molecule has 3 amide bonds. The highest BCUT2D eigenvalue weighted by Gasteiger charge is 2.22.